The first-order valence-corrected chi connectivity index (χ1v) is 6.59. The van der Waals surface area contributed by atoms with Gasteiger partial charge in [-0.15, -0.1) is 0 Å². The van der Waals surface area contributed by atoms with Crippen LogP contribution in [0.15, 0.2) is 12.1 Å². The van der Waals surface area contributed by atoms with E-state index in [9.17, 15) is 15.2 Å². The molecule has 1 heterocycles. The first-order valence-electron chi connectivity index (χ1n) is 6.59. The molecule has 2 atom stereocenters. The zero-order chi connectivity index (χ0) is 14.3. The van der Waals surface area contributed by atoms with Crippen LogP contribution in [0.4, 0.5) is 5.69 Å². The topological polar surface area (TPSA) is 108 Å². The number of ether oxygens (including phenoxy) is 2. The van der Waals surface area contributed by atoms with Gasteiger partial charge in [-0.2, -0.15) is 0 Å². The third-order valence-corrected chi connectivity index (χ3v) is 4.08. The molecule has 0 spiro atoms. The standard InChI is InChI=1S/C13H16N2O5/c14-12(13(16)7-2-1-3-7)8-4-10-11(20-6-19-10)5-9(8)15(17)18/h4-5,7,12-13,16H,1-3,6,14H2/t12-,13+/m1/s1. The van der Waals surface area contributed by atoms with E-state index >= 15 is 0 Å². The molecular formula is C13H16N2O5. The van der Waals surface area contributed by atoms with Crippen molar-refractivity contribution in [1.82, 2.24) is 0 Å². The Labute approximate surface area is 115 Å². The van der Waals surface area contributed by atoms with Gasteiger partial charge >= 0.3 is 0 Å². The van der Waals surface area contributed by atoms with E-state index in [1.165, 1.54) is 12.1 Å². The molecule has 1 saturated carbocycles. The smallest absolute Gasteiger partial charge is 0.278 e. The maximum Gasteiger partial charge on any atom is 0.278 e. The molecule has 1 fully saturated rings. The first kappa shape index (κ1) is 13.1. The Morgan fingerprint density at radius 1 is 1.35 bits per heavy atom. The van der Waals surface area contributed by atoms with Crippen molar-refractivity contribution in [2.75, 3.05) is 6.79 Å². The number of fused-ring (bicyclic) bond motifs is 1. The second-order valence-electron chi connectivity index (χ2n) is 5.23. The fourth-order valence-electron chi connectivity index (χ4n) is 2.63. The number of aliphatic hydroxyl groups excluding tert-OH is 1. The molecule has 7 nitrogen and oxygen atoms in total. The number of aliphatic hydroxyl groups is 1. The van der Waals surface area contributed by atoms with Crippen molar-refractivity contribution < 1.29 is 19.5 Å². The molecule has 2 aliphatic rings. The Bertz CT molecular complexity index is 544. The fraction of sp³-hybridized carbons (Fsp3) is 0.538. The predicted molar refractivity (Wildman–Crippen MR) is 69.5 cm³/mol. The zero-order valence-corrected chi connectivity index (χ0v) is 10.8. The van der Waals surface area contributed by atoms with Gasteiger partial charge in [-0.3, -0.25) is 10.1 Å². The molecule has 0 unspecified atom stereocenters. The summed E-state index contributed by atoms with van der Waals surface area (Å²) in [4.78, 5) is 10.7. The molecule has 1 aliphatic carbocycles. The molecule has 108 valence electrons. The summed E-state index contributed by atoms with van der Waals surface area (Å²) < 4.78 is 10.4. The van der Waals surface area contributed by atoms with Gasteiger partial charge in [0.1, 0.15) is 0 Å². The largest absolute Gasteiger partial charge is 0.454 e. The monoisotopic (exact) mass is 280 g/mol. The van der Waals surface area contributed by atoms with Gasteiger partial charge < -0.3 is 20.3 Å². The minimum absolute atomic E-state index is 0.0381. The summed E-state index contributed by atoms with van der Waals surface area (Å²) in [7, 11) is 0. The van der Waals surface area contributed by atoms with Gasteiger partial charge in [-0.25, -0.2) is 0 Å². The Morgan fingerprint density at radius 3 is 2.55 bits per heavy atom. The predicted octanol–water partition coefficient (Wildman–Crippen LogP) is 1.48. The number of hydrogen-bond donors (Lipinski definition) is 2. The number of nitrogens with two attached hydrogens (primary N) is 1. The molecule has 0 amide bonds. The van der Waals surface area contributed by atoms with Gasteiger partial charge in [-0.1, -0.05) is 6.42 Å². The van der Waals surface area contributed by atoms with Gasteiger partial charge in [-0.05, 0) is 24.8 Å². The van der Waals surface area contributed by atoms with Crippen LogP contribution in [0.1, 0.15) is 30.9 Å². The minimum atomic E-state index is -0.796. The molecule has 0 saturated heterocycles. The second kappa shape index (κ2) is 4.92. The zero-order valence-electron chi connectivity index (χ0n) is 10.8. The van der Waals surface area contributed by atoms with Crippen molar-refractivity contribution in [3.63, 3.8) is 0 Å². The van der Waals surface area contributed by atoms with Crippen LogP contribution in [-0.4, -0.2) is 22.9 Å². The summed E-state index contributed by atoms with van der Waals surface area (Å²) in [6.07, 6.45) is 2.11. The number of rotatable bonds is 4. The Hall–Kier alpha value is -1.86. The van der Waals surface area contributed by atoms with Crippen LogP contribution in [0.2, 0.25) is 0 Å². The molecule has 1 aromatic rings. The number of nitro groups is 1. The van der Waals surface area contributed by atoms with Crippen molar-refractivity contribution in [3.8, 4) is 11.5 Å². The Kier molecular flexibility index (Phi) is 3.23. The van der Waals surface area contributed by atoms with Crippen LogP contribution in [0.3, 0.4) is 0 Å². The molecule has 20 heavy (non-hydrogen) atoms. The SMILES string of the molecule is N[C@H](c1cc2c(cc1[N+](=O)[O-])OCO2)[C@@H](O)C1CCC1. The maximum absolute atomic E-state index is 11.2. The van der Waals surface area contributed by atoms with E-state index in [0.717, 1.165) is 19.3 Å². The highest BCUT2D eigenvalue weighted by Crippen LogP contribution is 2.42. The molecule has 3 rings (SSSR count). The van der Waals surface area contributed by atoms with Crippen LogP contribution in [0, 0.1) is 16.0 Å². The van der Waals surface area contributed by atoms with Gasteiger partial charge in [0.2, 0.25) is 6.79 Å². The molecule has 1 aromatic carbocycles. The highest BCUT2D eigenvalue weighted by atomic mass is 16.7. The van der Waals surface area contributed by atoms with E-state index in [2.05, 4.69) is 0 Å². The van der Waals surface area contributed by atoms with Crippen molar-refractivity contribution in [2.24, 2.45) is 11.7 Å². The van der Waals surface area contributed by atoms with Crippen LogP contribution in [-0.2, 0) is 0 Å². The summed E-state index contributed by atoms with van der Waals surface area (Å²) >= 11 is 0. The van der Waals surface area contributed by atoms with E-state index in [0.29, 0.717) is 17.1 Å². The van der Waals surface area contributed by atoms with Crippen molar-refractivity contribution in [3.05, 3.63) is 27.8 Å². The van der Waals surface area contributed by atoms with Gasteiger partial charge in [0, 0.05) is 0 Å². The van der Waals surface area contributed by atoms with E-state index < -0.39 is 17.1 Å². The first-order chi connectivity index (χ1) is 9.58. The molecule has 3 N–H and O–H groups in total. The van der Waals surface area contributed by atoms with E-state index in [1.54, 1.807) is 0 Å². The third-order valence-electron chi connectivity index (χ3n) is 4.08. The summed E-state index contributed by atoms with van der Waals surface area (Å²) in [5, 5.41) is 21.4. The number of hydrogen-bond acceptors (Lipinski definition) is 6. The molecule has 1 aliphatic heterocycles. The lowest BCUT2D eigenvalue weighted by Gasteiger charge is -2.33. The number of benzene rings is 1. The van der Waals surface area contributed by atoms with Gasteiger partial charge in [0.25, 0.3) is 5.69 Å². The van der Waals surface area contributed by atoms with Crippen LogP contribution >= 0.6 is 0 Å². The van der Waals surface area contributed by atoms with Gasteiger partial charge in [0.05, 0.1) is 28.7 Å². The Balaban J connectivity index is 1.96. The lowest BCUT2D eigenvalue weighted by molar-refractivity contribution is -0.385. The van der Waals surface area contributed by atoms with Crippen LogP contribution in [0.5, 0.6) is 11.5 Å². The van der Waals surface area contributed by atoms with Crippen LogP contribution in [0.25, 0.3) is 0 Å². The Morgan fingerprint density at radius 2 is 2.00 bits per heavy atom. The summed E-state index contributed by atoms with van der Waals surface area (Å²) in [5.74, 6) is 0.891. The van der Waals surface area contributed by atoms with Crippen molar-refractivity contribution in [2.45, 2.75) is 31.4 Å². The lowest BCUT2D eigenvalue weighted by Crippen LogP contribution is -2.36. The number of nitrogens with zero attached hydrogens (tertiary/aromatic N) is 1. The fourth-order valence-corrected chi connectivity index (χ4v) is 2.63. The molecule has 0 bridgehead atoms. The average molecular weight is 280 g/mol. The van der Waals surface area contributed by atoms with Crippen LogP contribution < -0.4 is 15.2 Å². The minimum Gasteiger partial charge on any atom is -0.454 e. The van der Waals surface area contributed by atoms with Crippen molar-refractivity contribution in [1.29, 1.82) is 0 Å². The highest BCUT2D eigenvalue weighted by molar-refractivity contribution is 5.56. The summed E-state index contributed by atoms with van der Waals surface area (Å²) in [6, 6.07) is 2.02. The lowest BCUT2D eigenvalue weighted by atomic mass is 9.77. The second-order valence-corrected chi connectivity index (χ2v) is 5.23. The average Bonchev–Trinajstić information content (AvgIpc) is 2.81. The summed E-state index contributed by atoms with van der Waals surface area (Å²) in [5.41, 5.74) is 6.18. The van der Waals surface area contributed by atoms with Gasteiger partial charge in [0.15, 0.2) is 11.5 Å². The molecule has 0 aromatic heterocycles. The number of nitro benzene ring substituents is 1. The van der Waals surface area contributed by atoms with E-state index in [-0.39, 0.29) is 18.4 Å². The molecular weight excluding hydrogens is 264 g/mol. The maximum atomic E-state index is 11.2. The summed E-state index contributed by atoms with van der Waals surface area (Å²) in [6.45, 7) is 0.0381. The third kappa shape index (κ3) is 2.08. The quantitative estimate of drug-likeness (QED) is 0.639. The molecule has 7 heteroatoms. The van der Waals surface area contributed by atoms with E-state index in [4.69, 9.17) is 15.2 Å². The highest BCUT2D eigenvalue weighted by Gasteiger charge is 2.35. The van der Waals surface area contributed by atoms with E-state index in [1.807, 2.05) is 0 Å². The molecule has 0 radical (unpaired) electrons. The normalized spacial score (nSPS) is 20.3. The van der Waals surface area contributed by atoms with Crippen molar-refractivity contribution >= 4 is 5.69 Å².